The number of ether oxygens (including phenoxy) is 1. The van der Waals surface area contributed by atoms with Gasteiger partial charge in [0, 0.05) is 20.7 Å². The van der Waals surface area contributed by atoms with Gasteiger partial charge in [-0.05, 0) is 31.2 Å². The van der Waals surface area contributed by atoms with E-state index in [-0.39, 0.29) is 17.9 Å². The van der Waals surface area contributed by atoms with Gasteiger partial charge in [0.25, 0.3) is 5.56 Å². The molecule has 0 aliphatic heterocycles. The van der Waals surface area contributed by atoms with Gasteiger partial charge >= 0.3 is 0 Å². The molecule has 0 saturated carbocycles. The van der Waals surface area contributed by atoms with Gasteiger partial charge in [-0.25, -0.2) is 9.37 Å². The second-order valence-corrected chi connectivity index (χ2v) is 7.91. The molecule has 0 bridgehead atoms. The lowest BCUT2D eigenvalue weighted by molar-refractivity contribution is 0.282. The van der Waals surface area contributed by atoms with Crippen molar-refractivity contribution in [3.63, 3.8) is 0 Å². The van der Waals surface area contributed by atoms with E-state index < -0.39 is 5.82 Å². The Morgan fingerprint density at radius 3 is 2.85 bits per heavy atom. The van der Waals surface area contributed by atoms with Gasteiger partial charge in [0.05, 0.1) is 18.3 Å². The number of aromatic nitrogens is 2. The third-order valence-electron chi connectivity index (χ3n) is 3.99. The van der Waals surface area contributed by atoms with E-state index in [0.717, 1.165) is 15.3 Å². The SMILES string of the molecule is Cc1ccc(-c2csc3ncn(CCOc4ccccc4F)c(=O)c23)s1. The van der Waals surface area contributed by atoms with Gasteiger partial charge in [0.1, 0.15) is 11.4 Å². The highest BCUT2D eigenvalue weighted by atomic mass is 32.1. The van der Waals surface area contributed by atoms with Crippen LogP contribution in [0.4, 0.5) is 4.39 Å². The Balaban J connectivity index is 1.61. The maximum Gasteiger partial charge on any atom is 0.262 e. The van der Waals surface area contributed by atoms with Gasteiger partial charge < -0.3 is 4.74 Å². The Bertz CT molecular complexity index is 1130. The first-order valence-corrected chi connectivity index (χ1v) is 9.74. The lowest BCUT2D eigenvalue weighted by Gasteiger charge is -2.09. The molecule has 0 spiro atoms. The van der Waals surface area contributed by atoms with E-state index in [1.165, 1.54) is 33.2 Å². The van der Waals surface area contributed by atoms with Crippen LogP contribution in [0.1, 0.15) is 4.88 Å². The lowest BCUT2D eigenvalue weighted by atomic mass is 10.2. The molecule has 0 aliphatic rings. The minimum Gasteiger partial charge on any atom is -0.489 e. The molecule has 3 heterocycles. The molecule has 0 unspecified atom stereocenters. The summed E-state index contributed by atoms with van der Waals surface area (Å²) in [6, 6.07) is 10.3. The summed E-state index contributed by atoms with van der Waals surface area (Å²) in [5.74, 6) is -0.235. The Kier molecular flexibility index (Phi) is 4.57. The molecule has 0 aliphatic carbocycles. The summed E-state index contributed by atoms with van der Waals surface area (Å²) in [5.41, 5.74) is 0.819. The molecule has 0 amide bonds. The van der Waals surface area contributed by atoms with Crippen molar-refractivity contribution >= 4 is 32.9 Å². The molecule has 3 aromatic heterocycles. The Morgan fingerprint density at radius 1 is 1.23 bits per heavy atom. The number of aryl methyl sites for hydroxylation is 1. The molecule has 26 heavy (non-hydrogen) atoms. The maximum atomic E-state index is 13.6. The van der Waals surface area contributed by atoms with Crippen molar-refractivity contribution in [1.82, 2.24) is 9.55 Å². The summed E-state index contributed by atoms with van der Waals surface area (Å²) in [7, 11) is 0. The summed E-state index contributed by atoms with van der Waals surface area (Å²) < 4.78 is 20.6. The van der Waals surface area contributed by atoms with Crippen LogP contribution in [0.5, 0.6) is 5.75 Å². The Morgan fingerprint density at radius 2 is 2.08 bits per heavy atom. The fourth-order valence-electron chi connectivity index (χ4n) is 2.70. The first-order valence-electron chi connectivity index (χ1n) is 8.04. The Hall–Kier alpha value is -2.51. The number of rotatable bonds is 5. The highest BCUT2D eigenvalue weighted by Crippen LogP contribution is 2.34. The first kappa shape index (κ1) is 16.9. The average Bonchev–Trinajstić information content (AvgIpc) is 3.25. The third kappa shape index (κ3) is 3.15. The third-order valence-corrected chi connectivity index (χ3v) is 5.91. The van der Waals surface area contributed by atoms with Gasteiger partial charge in [-0.3, -0.25) is 9.36 Å². The van der Waals surface area contributed by atoms with Crippen LogP contribution in [0.2, 0.25) is 0 Å². The number of hydrogen-bond donors (Lipinski definition) is 0. The summed E-state index contributed by atoms with van der Waals surface area (Å²) in [5, 5.41) is 2.61. The van der Waals surface area contributed by atoms with Gasteiger partial charge in [-0.15, -0.1) is 22.7 Å². The second-order valence-electron chi connectivity index (χ2n) is 5.76. The topological polar surface area (TPSA) is 44.1 Å². The lowest BCUT2D eigenvalue weighted by Crippen LogP contribution is -2.23. The Labute approximate surface area is 157 Å². The molecule has 4 aromatic rings. The van der Waals surface area contributed by atoms with Gasteiger partial charge in [0.2, 0.25) is 0 Å². The van der Waals surface area contributed by atoms with Crippen LogP contribution in [-0.4, -0.2) is 16.2 Å². The zero-order valence-corrected chi connectivity index (χ0v) is 15.6. The molecule has 0 radical (unpaired) electrons. The van der Waals surface area contributed by atoms with Gasteiger partial charge in [-0.1, -0.05) is 12.1 Å². The second kappa shape index (κ2) is 7.01. The summed E-state index contributed by atoms with van der Waals surface area (Å²) in [6.07, 6.45) is 1.52. The van der Waals surface area contributed by atoms with Crippen molar-refractivity contribution < 1.29 is 9.13 Å². The summed E-state index contributed by atoms with van der Waals surface area (Å²) in [6.45, 7) is 2.53. The number of fused-ring (bicyclic) bond motifs is 1. The van der Waals surface area contributed by atoms with Gasteiger partial charge in [0.15, 0.2) is 11.6 Å². The fraction of sp³-hybridized carbons (Fsp3) is 0.158. The number of thiophene rings is 2. The summed E-state index contributed by atoms with van der Waals surface area (Å²) >= 11 is 3.12. The van der Waals surface area contributed by atoms with E-state index in [9.17, 15) is 9.18 Å². The van der Waals surface area contributed by atoms with E-state index in [4.69, 9.17) is 4.74 Å². The number of benzene rings is 1. The zero-order chi connectivity index (χ0) is 18.1. The number of para-hydroxylation sites is 1. The van der Waals surface area contributed by atoms with Crippen LogP contribution < -0.4 is 10.3 Å². The van der Waals surface area contributed by atoms with Crippen molar-refractivity contribution in [3.8, 4) is 16.2 Å². The molecule has 1 aromatic carbocycles. The molecular weight excluding hydrogens is 371 g/mol. The molecule has 0 N–H and O–H groups in total. The summed E-state index contributed by atoms with van der Waals surface area (Å²) in [4.78, 5) is 20.3. The molecular formula is C19H15FN2O2S2. The predicted octanol–water partition coefficient (Wildman–Crippen LogP) is 4.71. The minimum absolute atomic E-state index is 0.102. The van der Waals surface area contributed by atoms with Crippen LogP contribution in [0, 0.1) is 12.7 Å². The van der Waals surface area contributed by atoms with Crippen LogP contribution in [0.25, 0.3) is 20.7 Å². The molecule has 132 valence electrons. The van der Waals surface area contributed by atoms with E-state index in [2.05, 4.69) is 4.98 Å². The van der Waals surface area contributed by atoms with Gasteiger partial charge in [-0.2, -0.15) is 0 Å². The average molecular weight is 386 g/mol. The van der Waals surface area contributed by atoms with E-state index in [0.29, 0.717) is 11.9 Å². The zero-order valence-electron chi connectivity index (χ0n) is 13.9. The standard InChI is InChI=1S/C19H15FN2O2S2/c1-12-6-7-16(26-12)13-10-25-18-17(13)19(23)22(11-21-18)8-9-24-15-5-3-2-4-14(15)20/h2-7,10-11H,8-9H2,1H3. The monoisotopic (exact) mass is 386 g/mol. The van der Waals surface area contributed by atoms with Crippen molar-refractivity contribution in [2.45, 2.75) is 13.5 Å². The smallest absolute Gasteiger partial charge is 0.262 e. The largest absolute Gasteiger partial charge is 0.489 e. The molecule has 0 saturated heterocycles. The highest BCUT2D eigenvalue weighted by molar-refractivity contribution is 7.19. The first-order chi connectivity index (χ1) is 12.6. The van der Waals surface area contributed by atoms with Crippen LogP contribution in [0.15, 0.2) is 52.9 Å². The van der Waals surface area contributed by atoms with E-state index in [1.54, 1.807) is 29.5 Å². The number of nitrogens with zero attached hydrogens (tertiary/aromatic N) is 2. The van der Waals surface area contributed by atoms with Crippen LogP contribution in [-0.2, 0) is 6.54 Å². The maximum absolute atomic E-state index is 13.6. The minimum atomic E-state index is -0.415. The molecule has 0 atom stereocenters. The van der Waals surface area contributed by atoms with Crippen molar-refractivity contribution in [2.24, 2.45) is 0 Å². The highest BCUT2D eigenvalue weighted by Gasteiger charge is 2.14. The quantitative estimate of drug-likeness (QED) is 0.499. The number of halogens is 1. The van der Waals surface area contributed by atoms with Crippen molar-refractivity contribution in [2.75, 3.05) is 6.61 Å². The van der Waals surface area contributed by atoms with Crippen molar-refractivity contribution in [1.29, 1.82) is 0 Å². The molecule has 4 nitrogen and oxygen atoms in total. The number of hydrogen-bond acceptors (Lipinski definition) is 5. The van der Waals surface area contributed by atoms with Crippen molar-refractivity contribution in [3.05, 3.63) is 69.2 Å². The normalized spacial score (nSPS) is 11.2. The van der Waals surface area contributed by atoms with Crippen LogP contribution >= 0.6 is 22.7 Å². The molecule has 0 fully saturated rings. The van der Waals surface area contributed by atoms with Crippen LogP contribution in [0.3, 0.4) is 0 Å². The molecule has 4 rings (SSSR count). The molecule has 7 heteroatoms. The fourth-order valence-corrected chi connectivity index (χ4v) is 4.57. The van der Waals surface area contributed by atoms with E-state index >= 15 is 0 Å². The van der Waals surface area contributed by atoms with E-state index in [1.807, 2.05) is 24.4 Å². The predicted molar refractivity (Wildman–Crippen MR) is 104 cm³/mol.